The van der Waals surface area contributed by atoms with Crippen LogP contribution in [0.2, 0.25) is 0 Å². The van der Waals surface area contributed by atoms with Gasteiger partial charge in [-0.15, -0.1) is 0 Å². The Labute approximate surface area is 85.9 Å². The normalized spacial score (nSPS) is 21.5. The second kappa shape index (κ2) is 6.02. The molecule has 0 saturated heterocycles. The topological polar surface area (TPSA) is 49.3 Å². The largest absolute Gasteiger partial charge is 0.480 e. The number of aliphatic carboxylic acids is 1. The van der Waals surface area contributed by atoms with Crippen molar-refractivity contribution in [3.05, 3.63) is 0 Å². The third-order valence-corrected chi connectivity index (χ3v) is 3.18. The standard InChI is InChI=1S/C11H21NO2/c1-9(12-8-11(13)14)10-6-4-2-3-5-7-10/h9-10,12H,2-8H2,1H3,(H,13,14)/t9-/m0/s1. The molecule has 0 aromatic rings. The molecule has 82 valence electrons. The van der Waals surface area contributed by atoms with Gasteiger partial charge in [0.2, 0.25) is 0 Å². The molecule has 14 heavy (non-hydrogen) atoms. The minimum Gasteiger partial charge on any atom is -0.480 e. The first kappa shape index (κ1) is 11.5. The highest BCUT2D eigenvalue weighted by Crippen LogP contribution is 2.25. The van der Waals surface area contributed by atoms with E-state index in [4.69, 9.17) is 5.11 Å². The van der Waals surface area contributed by atoms with Gasteiger partial charge in [0, 0.05) is 6.04 Å². The fourth-order valence-electron chi connectivity index (χ4n) is 2.23. The van der Waals surface area contributed by atoms with Crippen LogP contribution in [0.25, 0.3) is 0 Å². The average molecular weight is 199 g/mol. The molecule has 1 fully saturated rings. The molecule has 0 amide bonds. The fraction of sp³-hybridized carbons (Fsp3) is 0.909. The molecule has 2 N–H and O–H groups in total. The summed E-state index contributed by atoms with van der Waals surface area (Å²) in [5.74, 6) is -0.0812. The molecule has 1 saturated carbocycles. The van der Waals surface area contributed by atoms with Crippen molar-refractivity contribution in [3.8, 4) is 0 Å². The van der Waals surface area contributed by atoms with E-state index in [1.165, 1.54) is 38.5 Å². The van der Waals surface area contributed by atoms with Gasteiger partial charge in [-0.3, -0.25) is 4.79 Å². The molecule has 0 spiro atoms. The smallest absolute Gasteiger partial charge is 0.317 e. The van der Waals surface area contributed by atoms with E-state index in [0.29, 0.717) is 12.0 Å². The lowest BCUT2D eigenvalue weighted by Gasteiger charge is -2.22. The summed E-state index contributed by atoms with van der Waals surface area (Å²) in [6.45, 7) is 2.20. The van der Waals surface area contributed by atoms with Crippen LogP contribution in [0.1, 0.15) is 45.4 Å². The van der Waals surface area contributed by atoms with Gasteiger partial charge in [-0.1, -0.05) is 25.7 Å². The first-order valence-corrected chi connectivity index (χ1v) is 5.65. The molecule has 3 nitrogen and oxygen atoms in total. The van der Waals surface area contributed by atoms with Crippen LogP contribution in [-0.4, -0.2) is 23.7 Å². The van der Waals surface area contributed by atoms with Gasteiger partial charge in [0.25, 0.3) is 0 Å². The third-order valence-electron chi connectivity index (χ3n) is 3.18. The lowest BCUT2D eigenvalue weighted by atomic mass is 9.93. The van der Waals surface area contributed by atoms with Crippen molar-refractivity contribution in [1.29, 1.82) is 0 Å². The zero-order valence-corrected chi connectivity index (χ0v) is 8.96. The zero-order valence-electron chi connectivity index (χ0n) is 8.96. The SMILES string of the molecule is C[C@H](NCC(=O)O)C1CCCCCC1. The quantitative estimate of drug-likeness (QED) is 0.681. The zero-order chi connectivity index (χ0) is 10.4. The van der Waals surface area contributed by atoms with Crippen LogP contribution in [0.15, 0.2) is 0 Å². The highest BCUT2D eigenvalue weighted by Gasteiger charge is 2.18. The maximum Gasteiger partial charge on any atom is 0.317 e. The Morgan fingerprint density at radius 3 is 2.43 bits per heavy atom. The average Bonchev–Trinajstić information content (AvgIpc) is 2.42. The van der Waals surface area contributed by atoms with Gasteiger partial charge in [-0.2, -0.15) is 0 Å². The van der Waals surface area contributed by atoms with Crippen LogP contribution in [0.3, 0.4) is 0 Å². The fourth-order valence-corrected chi connectivity index (χ4v) is 2.23. The maximum atomic E-state index is 10.4. The highest BCUT2D eigenvalue weighted by atomic mass is 16.4. The molecule has 1 rings (SSSR count). The summed E-state index contributed by atoms with van der Waals surface area (Å²) in [5, 5.41) is 11.6. The Hall–Kier alpha value is -0.570. The van der Waals surface area contributed by atoms with Crippen LogP contribution in [0, 0.1) is 5.92 Å². The molecule has 0 radical (unpaired) electrons. The van der Waals surface area contributed by atoms with Crippen molar-refractivity contribution < 1.29 is 9.90 Å². The number of hydrogen-bond donors (Lipinski definition) is 2. The number of nitrogens with one attached hydrogen (secondary N) is 1. The summed E-state index contributed by atoms with van der Waals surface area (Å²) in [6, 6.07) is 0.351. The third kappa shape index (κ3) is 4.09. The molecule has 1 aliphatic carbocycles. The monoisotopic (exact) mass is 199 g/mol. The van der Waals surface area contributed by atoms with Gasteiger partial charge in [0.1, 0.15) is 0 Å². The van der Waals surface area contributed by atoms with Crippen molar-refractivity contribution in [3.63, 3.8) is 0 Å². The Morgan fingerprint density at radius 1 is 1.36 bits per heavy atom. The van der Waals surface area contributed by atoms with E-state index in [-0.39, 0.29) is 6.54 Å². The van der Waals surface area contributed by atoms with E-state index in [0.717, 1.165) is 0 Å². The Morgan fingerprint density at radius 2 is 1.93 bits per heavy atom. The van der Waals surface area contributed by atoms with E-state index in [9.17, 15) is 4.79 Å². The molecule has 1 atom stereocenters. The number of hydrogen-bond acceptors (Lipinski definition) is 2. The van der Waals surface area contributed by atoms with Crippen LogP contribution in [0.5, 0.6) is 0 Å². The van der Waals surface area contributed by atoms with Gasteiger partial charge in [0.15, 0.2) is 0 Å². The lowest BCUT2D eigenvalue weighted by Crippen LogP contribution is -2.36. The summed E-state index contributed by atoms with van der Waals surface area (Å²) < 4.78 is 0. The van der Waals surface area contributed by atoms with Gasteiger partial charge < -0.3 is 10.4 Å². The molecule has 0 bridgehead atoms. The maximum absolute atomic E-state index is 10.4. The Kier molecular flexibility index (Phi) is 4.94. The predicted molar refractivity (Wildman–Crippen MR) is 56.3 cm³/mol. The van der Waals surface area contributed by atoms with E-state index in [1.54, 1.807) is 0 Å². The summed E-state index contributed by atoms with van der Waals surface area (Å²) >= 11 is 0. The molecule has 0 unspecified atom stereocenters. The molecule has 0 heterocycles. The van der Waals surface area contributed by atoms with Crippen molar-refractivity contribution >= 4 is 5.97 Å². The Bertz CT molecular complexity index is 174. The molecular formula is C11H21NO2. The number of carboxylic acid groups (broad SMARTS) is 1. The minimum atomic E-state index is -0.759. The van der Waals surface area contributed by atoms with E-state index >= 15 is 0 Å². The first-order chi connectivity index (χ1) is 6.70. The van der Waals surface area contributed by atoms with Crippen molar-refractivity contribution in [1.82, 2.24) is 5.32 Å². The lowest BCUT2D eigenvalue weighted by molar-refractivity contribution is -0.136. The summed E-state index contributed by atoms with van der Waals surface area (Å²) in [4.78, 5) is 10.4. The minimum absolute atomic E-state index is 0.0949. The first-order valence-electron chi connectivity index (χ1n) is 5.65. The van der Waals surface area contributed by atoms with Crippen LogP contribution >= 0.6 is 0 Å². The van der Waals surface area contributed by atoms with Crippen molar-refractivity contribution in [2.45, 2.75) is 51.5 Å². The van der Waals surface area contributed by atoms with Gasteiger partial charge in [0.05, 0.1) is 6.54 Å². The van der Waals surface area contributed by atoms with Crippen molar-refractivity contribution in [2.24, 2.45) is 5.92 Å². The molecule has 3 heteroatoms. The Balaban J connectivity index is 2.26. The molecule has 1 aliphatic rings. The van der Waals surface area contributed by atoms with Crippen molar-refractivity contribution in [2.75, 3.05) is 6.54 Å². The highest BCUT2D eigenvalue weighted by molar-refractivity contribution is 5.69. The molecule has 0 aliphatic heterocycles. The second-order valence-electron chi connectivity index (χ2n) is 4.31. The summed E-state index contributed by atoms with van der Waals surface area (Å²) in [7, 11) is 0. The van der Waals surface area contributed by atoms with E-state index in [2.05, 4.69) is 12.2 Å². The molecular weight excluding hydrogens is 178 g/mol. The number of carbonyl (C=O) groups is 1. The molecule has 0 aromatic carbocycles. The second-order valence-corrected chi connectivity index (χ2v) is 4.31. The van der Waals surface area contributed by atoms with Crippen LogP contribution in [0.4, 0.5) is 0 Å². The number of rotatable bonds is 4. The van der Waals surface area contributed by atoms with Crippen LogP contribution in [-0.2, 0) is 4.79 Å². The van der Waals surface area contributed by atoms with Gasteiger partial charge in [-0.05, 0) is 25.7 Å². The van der Waals surface area contributed by atoms with E-state index in [1.807, 2.05) is 0 Å². The van der Waals surface area contributed by atoms with Crippen LogP contribution < -0.4 is 5.32 Å². The summed E-state index contributed by atoms with van der Waals surface area (Å²) in [6.07, 6.45) is 7.83. The van der Waals surface area contributed by atoms with Gasteiger partial charge >= 0.3 is 5.97 Å². The summed E-state index contributed by atoms with van der Waals surface area (Å²) in [5.41, 5.74) is 0. The van der Waals surface area contributed by atoms with E-state index < -0.39 is 5.97 Å². The predicted octanol–water partition coefficient (Wildman–Crippen LogP) is 2.02. The van der Waals surface area contributed by atoms with Gasteiger partial charge in [-0.25, -0.2) is 0 Å². The molecule has 0 aromatic heterocycles. The number of carboxylic acids is 1.